The van der Waals surface area contributed by atoms with Crippen molar-refractivity contribution in [2.45, 2.75) is 4.90 Å². The summed E-state index contributed by atoms with van der Waals surface area (Å²) in [6.07, 6.45) is 0. The number of nitrogens with one attached hydrogen (secondary N) is 1. The Morgan fingerprint density at radius 3 is 2.44 bits per heavy atom. The first-order valence-corrected chi connectivity index (χ1v) is 5.44. The van der Waals surface area contributed by atoms with Gasteiger partial charge in [0.25, 0.3) is 16.0 Å². The molecule has 1 aromatic rings. The topological polar surface area (TPSA) is 125 Å². The van der Waals surface area contributed by atoms with Gasteiger partial charge in [-0.1, -0.05) is 18.2 Å². The van der Waals surface area contributed by atoms with Crippen molar-refractivity contribution in [3.05, 3.63) is 35.2 Å². The lowest BCUT2D eigenvalue weighted by molar-refractivity contribution is -0.822. The average Bonchev–Trinajstić information content (AvgIpc) is 2.16. The van der Waals surface area contributed by atoms with E-state index in [2.05, 4.69) is 4.40 Å². The molecule has 0 aliphatic carbocycles. The number of rotatable bonds is 3. The van der Waals surface area contributed by atoms with E-state index >= 15 is 0 Å². The fraction of sp³-hybridized carbons (Fsp3) is 0. The van der Waals surface area contributed by atoms with E-state index in [1.807, 2.05) is 0 Å². The molecule has 16 heavy (non-hydrogen) atoms. The molecular weight excluding hydrogens is 236 g/mol. The van der Waals surface area contributed by atoms with E-state index in [1.165, 1.54) is 24.3 Å². The largest absolute Gasteiger partial charge is 0.364 e. The van der Waals surface area contributed by atoms with E-state index in [0.29, 0.717) is 0 Å². The molecule has 0 unspecified atom stereocenters. The molecule has 0 heterocycles. The molecule has 0 saturated heterocycles. The van der Waals surface area contributed by atoms with Crippen molar-refractivity contribution in [2.75, 3.05) is 0 Å². The summed E-state index contributed by atoms with van der Waals surface area (Å²) in [4.78, 5) is 10.0. The fourth-order valence-electron chi connectivity index (χ4n) is 0.893. The Balaban J connectivity index is 3.01. The van der Waals surface area contributed by atoms with Gasteiger partial charge in [-0.15, -0.1) is 4.40 Å². The van der Waals surface area contributed by atoms with Gasteiger partial charge in [-0.05, 0) is 17.6 Å². The number of nitrogens with two attached hydrogens (primary N) is 1. The minimum atomic E-state index is -3.98. The number of sulfonamides is 1. The molecule has 0 saturated carbocycles. The van der Waals surface area contributed by atoms with E-state index in [9.17, 15) is 13.3 Å². The minimum absolute atomic E-state index is 0.0739. The van der Waals surface area contributed by atoms with Crippen LogP contribution in [0.5, 0.6) is 0 Å². The van der Waals surface area contributed by atoms with Crippen molar-refractivity contribution in [1.29, 1.82) is 0 Å². The Labute approximate surface area is 91.0 Å². The first-order chi connectivity index (χ1) is 7.42. The summed E-state index contributed by atoms with van der Waals surface area (Å²) in [5.41, 5.74) is 6.61. The van der Waals surface area contributed by atoms with Gasteiger partial charge < -0.3 is 5.73 Å². The van der Waals surface area contributed by atoms with Crippen LogP contribution in [-0.4, -0.2) is 24.6 Å². The highest BCUT2D eigenvalue weighted by Crippen LogP contribution is 2.10. The van der Waals surface area contributed by atoms with Crippen LogP contribution in [-0.2, 0) is 10.0 Å². The lowest BCUT2D eigenvalue weighted by atomic mass is 10.4. The van der Waals surface area contributed by atoms with Crippen molar-refractivity contribution in [3.8, 4) is 0 Å². The lowest BCUT2D eigenvalue weighted by Crippen LogP contribution is -2.37. The van der Waals surface area contributed by atoms with E-state index in [-0.39, 0.29) is 4.90 Å². The molecular formula is C7H9N4O4S+. The molecule has 4 N–H and O–H groups in total. The predicted molar refractivity (Wildman–Crippen MR) is 53.8 cm³/mol. The summed E-state index contributed by atoms with van der Waals surface area (Å²) < 4.78 is 26.1. The zero-order chi connectivity index (χ0) is 12.2. The smallest absolute Gasteiger partial charge is 0.362 e. The summed E-state index contributed by atoms with van der Waals surface area (Å²) in [7, 11) is -3.98. The third kappa shape index (κ3) is 3.20. The highest BCUT2D eigenvalue weighted by Gasteiger charge is 2.15. The molecule has 86 valence electrons. The lowest BCUT2D eigenvalue weighted by Gasteiger charge is -1.97. The summed E-state index contributed by atoms with van der Waals surface area (Å²) in [5.74, 6) is -0.735. The van der Waals surface area contributed by atoms with Crippen LogP contribution in [0, 0.1) is 4.91 Å². The zero-order valence-corrected chi connectivity index (χ0v) is 8.76. The van der Waals surface area contributed by atoms with Crippen LogP contribution >= 0.6 is 0 Å². The van der Waals surface area contributed by atoms with Gasteiger partial charge in [-0.2, -0.15) is 8.42 Å². The van der Waals surface area contributed by atoms with Crippen LogP contribution < -0.4 is 11.2 Å². The van der Waals surface area contributed by atoms with E-state index in [0.717, 1.165) is 0 Å². The first-order valence-electron chi connectivity index (χ1n) is 4.00. The summed E-state index contributed by atoms with van der Waals surface area (Å²) in [6.45, 7) is 0. The van der Waals surface area contributed by atoms with Crippen LogP contribution in [0.1, 0.15) is 0 Å². The molecule has 0 amide bonds. The molecule has 1 aromatic carbocycles. The number of hydrogen-bond acceptors (Lipinski definition) is 3. The van der Waals surface area contributed by atoms with Gasteiger partial charge in [0.1, 0.15) is 4.91 Å². The second-order valence-electron chi connectivity index (χ2n) is 2.65. The standard InChI is InChI=1S/C7H9N4O4S/c8-7(9-11(12)13)10-16(14,15)6-4-2-1-3-5-6/h1-5H,(H,12,13)(H3,8,9,10)/q+1. The van der Waals surface area contributed by atoms with Gasteiger partial charge in [0, 0.05) is 0 Å². The third-order valence-corrected chi connectivity index (χ3v) is 2.77. The molecule has 0 spiro atoms. The van der Waals surface area contributed by atoms with Crippen molar-refractivity contribution >= 4 is 16.0 Å². The number of nitrogens with zero attached hydrogens (tertiary/aromatic N) is 2. The van der Waals surface area contributed by atoms with Crippen LogP contribution in [0.2, 0.25) is 0 Å². The van der Waals surface area contributed by atoms with E-state index in [4.69, 9.17) is 10.9 Å². The average molecular weight is 245 g/mol. The maximum absolute atomic E-state index is 11.5. The molecule has 9 heteroatoms. The molecule has 0 bridgehead atoms. The minimum Gasteiger partial charge on any atom is -0.364 e. The van der Waals surface area contributed by atoms with Gasteiger partial charge >= 0.3 is 5.03 Å². The fourth-order valence-corrected chi connectivity index (χ4v) is 1.80. The Bertz CT molecular complexity index is 510. The first kappa shape index (κ1) is 11.9. The van der Waals surface area contributed by atoms with Gasteiger partial charge in [-0.3, -0.25) is 0 Å². The Morgan fingerprint density at radius 1 is 1.38 bits per heavy atom. The van der Waals surface area contributed by atoms with Crippen molar-refractivity contribution in [2.24, 2.45) is 10.1 Å². The highest BCUT2D eigenvalue weighted by atomic mass is 32.2. The normalized spacial score (nSPS) is 12.1. The van der Waals surface area contributed by atoms with E-state index < -0.39 is 21.0 Å². The SMILES string of the molecule is N/C(=N\S(=O)(=O)c1ccccc1)N[N+](=O)O. The van der Waals surface area contributed by atoms with Crippen molar-refractivity contribution in [3.63, 3.8) is 0 Å². The van der Waals surface area contributed by atoms with Crippen LogP contribution in [0.3, 0.4) is 0 Å². The van der Waals surface area contributed by atoms with Crippen molar-refractivity contribution < 1.29 is 18.7 Å². The van der Waals surface area contributed by atoms with Gasteiger partial charge in [0.2, 0.25) is 0 Å². The predicted octanol–water partition coefficient (Wildman–Crippen LogP) is -0.637. The summed E-state index contributed by atoms with van der Waals surface area (Å²) in [5, 5.41) is 7.45. The van der Waals surface area contributed by atoms with Crippen LogP contribution in [0.4, 0.5) is 0 Å². The zero-order valence-electron chi connectivity index (χ0n) is 7.94. The Hall–Kier alpha value is -2.16. The molecule has 0 atom stereocenters. The van der Waals surface area contributed by atoms with Crippen LogP contribution in [0.15, 0.2) is 39.6 Å². The number of guanidine groups is 1. The van der Waals surface area contributed by atoms with Gasteiger partial charge in [0.15, 0.2) is 0 Å². The summed E-state index contributed by atoms with van der Waals surface area (Å²) >= 11 is 0. The maximum atomic E-state index is 11.5. The maximum Gasteiger partial charge on any atom is 0.362 e. The molecule has 8 nitrogen and oxygen atoms in total. The summed E-state index contributed by atoms with van der Waals surface area (Å²) in [6, 6.07) is 7.30. The van der Waals surface area contributed by atoms with Gasteiger partial charge in [-0.25, -0.2) is 5.21 Å². The second-order valence-corrected chi connectivity index (χ2v) is 4.25. The number of benzene rings is 1. The quantitative estimate of drug-likeness (QED) is 0.369. The van der Waals surface area contributed by atoms with Crippen LogP contribution in [0.25, 0.3) is 0 Å². The second kappa shape index (κ2) is 4.57. The van der Waals surface area contributed by atoms with E-state index in [1.54, 1.807) is 11.5 Å². The molecule has 0 aliphatic rings. The molecule has 0 fully saturated rings. The molecule has 0 aliphatic heterocycles. The molecule has 0 aromatic heterocycles. The monoisotopic (exact) mass is 245 g/mol. The highest BCUT2D eigenvalue weighted by molar-refractivity contribution is 7.90. The number of hydrazine groups is 1. The van der Waals surface area contributed by atoms with Gasteiger partial charge in [0.05, 0.1) is 4.90 Å². The third-order valence-electron chi connectivity index (χ3n) is 1.47. The molecule has 0 radical (unpaired) electrons. The molecule has 1 rings (SSSR count). The number of hydrogen-bond donors (Lipinski definition) is 3. The Kier molecular flexibility index (Phi) is 3.40. The van der Waals surface area contributed by atoms with Crippen molar-refractivity contribution in [1.82, 2.24) is 5.43 Å². The Morgan fingerprint density at radius 2 is 1.94 bits per heavy atom.